The monoisotopic (exact) mass is 366 g/mol. The topological polar surface area (TPSA) is 32.3 Å². The molecule has 1 aliphatic rings. The van der Waals surface area contributed by atoms with Crippen LogP contribution in [0, 0.1) is 5.82 Å². The first-order valence-corrected chi connectivity index (χ1v) is 7.71. The Kier molecular flexibility index (Phi) is 4.35. The molecule has 1 amide bonds. The molecule has 0 aliphatic carbocycles. The smallest absolute Gasteiger partial charge is 0.281 e. The molecule has 0 spiro atoms. The van der Waals surface area contributed by atoms with Gasteiger partial charge < -0.3 is 5.32 Å². The first-order chi connectivity index (χ1) is 11.0. The van der Waals surface area contributed by atoms with Gasteiger partial charge in [0.2, 0.25) is 0 Å². The Morgan fingerprint density at radius 1 is 1.09 bits per heavy atom. The molecule has 0 unspecified atom stereocenters. The van der Waals surface area contributed by atoms with Gasteiger partial charge in [-0.05, 0) is 42.6 Å². The van der Waals surface area contributed by atoms with Crippen molar-refractivity contribution in [3.8, 4) is 0 Å². The van der Waals surface area contributed by atoms with Crippen molar-refractivity contribution in [1.29, 1.82) is 0 Å². The van der Waals surface area contributed by atoms with E-state index in [0.717, 1.165) is 4.90 Å². The first-order valence-electron chi connectivity index (χ1n) is 6.54. The number of anilines is 1. The standard InChI is InChI=1S/C16H9Cl2FN2OS/c17-10-4-3-5-11(18)9(10)8-13-15(22)21(16(23)20-13)14-7-2-1-6-12(14)19/h1-8H,(H,20,23)/b13-8+. The average Bonchev–Trinajstić information content (AvgIpc) is 2.78. The maximum absolute atomic E-state index is 13.9. The number of amides is 1. The Hall–Kier alpha value is -1.95. The van der Waals surface area contributed by atoms with Crippen molar-refractivity contribution in [2.45, 2.75) is 0 Å². The Bertz CT molecular complexity index is 833. The van der Waals surface area contributed by atoms with Crippen LogP contribution >= 0.6 is 35.4 Å². The summed E-state index contributed by atoms with van der Waals surface area (Å²) < 4.78 is 13.9. The lowest BCUT2D eigenvalue weighted by Crippen LogP contribution is -2.31. The molecule has 116 valence electrons. The molecule has 2 aromatic carbocycles. The number of hydrogen-bond donors (Lipinski definition) is 1. The van der Waals surface area contributed by atoms with Gasteiger partial charge in [-0.1, -0.05) is 41.4 Å². The van der Waals surface area contributed by atoms with Gasteiger partial charge in [0.25, 0.3) is 5.91 Å². The molecule has 0 aromatic heterocycles. The second kappa shape index (κ2) is 6.28. The van der Waals surface area contributed by atoms with Crippen LogP contribution in [0.2, 0.25) is 10.0 Å². The van der Waals surface area contributed by atoms with Crippen molar-refractivity contribution in [2.24, 2.45) is 0 Å². The van der Waals surface area contributed by atoms with Crippen molar-refractivity contribution in [3.63, 3.8) is 0 Å². The van der Waals surface area contributed by atoms with Gasteiger partial charge in [0.1, 0.15) is 11.5 Å². The summed E-state index contributed by atoms with van der Waals surface area (Å²) in [7, 11) is 0. The third-order valence-corrected chi connectivity index (χ3v) is 4.20. The molecular weight excluding hydrogens is 358 g/mol. The molecule has 1 N–H and O–H groups in total. The lowest BCUT2D eigenvalue weighted by molar-refractivity contribution is -0.113. The van der Waals surface area contributed by atoms with E-state index in [1.807, 2.05) is 0 Å². The fourth-order valence-corrected chi connectivity index (χ4v) is 2.98. The molecular formula is C16H9Cl2FN2OS. The summed E-state index contributed by atoms with van der Waals surface area (Å²) in [5.74, 6) is -1.02. The molecule has 0 atom stereocenters. The summed E-state index contributed by atoms with van der Waals surface area (Å²) in [6, 6.07) is 10.9. The molecule has 0 bridgehead atoms. The quantitative estimate of drug-likeness (QED) is 0.631. The number of benzene rings is 2. The summed E-state index contributed by atoms with van der Waals surface area (Å²) in [6.07, 6.45) is 1.50. The minimum Gasteiger partial charge on any atom is -0.327 e. The maximum atomic E-state index is 13.9. The van der Waals surface area contributed by atoms with Crippen molar-refractivity contribution in [2.75, 3.05) is 4.90 Å². The fraction of sp³-hybridized carbons (Fsp3) is 0. The number of para-hydroxylation sites is 1. The highest BCUT2D eigenvalue weighted by Gasteiger charge is 2.33. The van der Waals surface area contributed by atoms with Gasteiger partial charge in [-0.2, -0.15) is 0 Å². The normalized spacial score (nSPS) is 16.1. The Morgan fingerprint density at radius 3 is 2.39 bits per heavy atom. The van der Waals surface area contributed by atoms with Crippen molar-refractivity contribution in [3.05, 3.63) is 69.6 Å². The molecule has 1 aliphatic heterocycles. The number of hydrogen-bond acceptors (Lipinski definition) is 2. The zero-order chi connectivity index (χ0) is 16.6. The first kappa shape index (κ1) is 15.9. The van der Waals surface area contributed by atoms with Gasteiger partial charge in [-0.25, -0.2) is 9.29 Å². The van der Waals surface area contributed by atoms with Crippen LogP contribution in [-0.2, 0) is 4.79 Å². The van der Waals surface area contributed by atoms with E-state index in [0.29, 0.717) is 15.6 Å². The predicted molar refractivity (Wildman–Crippen MR) is 94.1 cm³/mol. The van der Waals surface area contributed by atoms with E-state index in [-0.39, 0.29) is 16.5 Å². The van der Waals surface area contributed by atoms with Crippen molar-refractivity contribution in [1.82, 2.24) is 5.32 Å². The Labute approximate surface area is 147 Å². The van der Waals surface area contributed by atoms with Crippen LogP contribution in [0.15, 0.2) is 48.2 Å². The molecule has 0 radical (unpaired) electrons. The number of nitrogens with zero attached hydrogens (tertiary/aromatic N) is 1. The summed E-state index contributed by atoms with van der Waals surface area (Å²) >= 11 is 17.3. The predicted octanol–water partition coefficient (Wildman–Crippen LogP) is 4.39. The lowest BCUT2D eigenvalue weighted by atomic mass is 10.2. The van der Waals surface area contributed by atoms with Crippen LogP contribution < -0.4 is 10.2 Å². The van der Waals surface area contributed by atoms with Gasteiger partial charge >= 0.3 is 0 Å². The lowest BCUT2D eigenvalue weighted by Gasteiger charge is -2.14. The molecule has 1 fully saturated rings. The SMILES string of the molecule is O=C1/C(=C\c2c(Cl)cccc2Cl)NC(=S)N1c1ccccc1F. The Balaban J connectivity index is 2.02. The number of carbonyl (C=O) groups is 1. The minimum atomic E-state index is -0.540. The number of halogens is 3. The van der Waals surface area contributed by atoms with Crippen LogP contribution in [0.5, 0.6) is 0 Å². The number of nitrogens with one attached hydrogen (secondary N) is 1. The van der Waals surface area contributed by atoms with Crippen molar-refractivity contribution < 1.29 is 9.18 Å². The van der Waals surface area contributed by atoms with Gasteiger partial charge in [0, 0.05) is 15.6 Å². The summed E-state index contributed by atoms with van der Waals surface area (Å²) in [6.45, 7) is 0. The summed E-state index contributed by atoms with van der Waals surface area (Å²) in [5, 5.41) is 3.66. The zero-order valence-corrected chi connectivity index (χ0v) is 13.8. The third kappa shape index (κ3) is 2.95. The van der Waals surface area contributed by atoms with Crippen LogP contribution in [0.25, 0.3) is 6.08 Å². The number of carbonyl (C=O) groups excluding carboxylic acids is 1. The molecule has 0 saturated carbocycles. The highest BCUT2D eigenvalue weighted by atomic mass is 35.5. The second-order valence-electron chi connectivity index (χ2n) is 4.72. The van der Waals surface area contributed by atoms with E-state index in [4.69, 9.17) is 35.4 Å². The summed E-state index contributed by atoms with van der Waals surface area (Å²) in [5.41, 5.74) is 0.752. The molecule has 23 heavy (non-hydrogen) atoms. The van der Waals surface area contributed by atoms with Crippen LogP contribution in [0.3, 0.4) is 0 Å². The fourth-order valence-electron chi connectivity index (χ4n) is 2.18. The van der Waals surface area contributed by atoms with Crippen LogP contribution in [0.4, 0.5) is 10.1 Å². The van der Waals surface area contributed by atoms with E-state index in [2.05, 4.69) is 5.32 Å². The zero-order valence-electron chi connectivity index (χ0n) is 11.5. The molecule has 2 aromatic rings. The number of thiocarbonyl (C=S) groups is 1. The highest BCUT2D eigenvalue weighted by Crippen LogP contribution is 2.29. The van der Waals surface area contributed by atoms with E-state index in [1.54, 1.807) is 24.3 Å². The van der Waals surface area contributed by atoms with E-state index < -0.39 is 11.7 Å². The van der Waals surface area contributed by atoms with Gasteiger partial charge in [-0.15, -0.1) is 0 Å². The van der Waals surface area contributed by atoms with E-state index in [9.17, 15) is 9.18 Å². The number of rotatable bonds is 2. The largest absolute Gasteiger partial charge is 0.327 e. The van der Waals surface area contributed by atoms with Crippen LogP contribution in [0.1, 0.15) is 5.56 Å². The maximum Gasteiger partial charge on any atom is 0.281 e. The average molecular weight is 367 g/mol. The molecule has 1 heterocycles. The van der Waals surface area contributed by atoms with Gasteiger partial charge in [0.05, 0.1) is 5.69 Å². The molecule has 1 saturated heterocycles. The third-order valence-electron chi connectivity index (χ3n) is 3.26. The molecule has 3 nitrogen and oxygen atoms in total. The highest BCUT2D eigenvalue weighted by molar-refractivity contribution is 7.80. The molecule has 3 rings (SSSR count). The van der Waals surface area contributed by atoms with Crippen molar-refractivity contribution >= 4 is 58.2 Å². The minimum absolute atomic E-state index is 0.0867. The van der Waals surface area contributed by atoms with E-state index in [1.165, 1.54) is 24.3 Å². The summed E-state index contributed by atoms with van der Waals surface area (Å²) in [4.78, 5) is 13.6. The second-order valence-corrected chi connectivity index (χ2v) is 5.92. The van der Waals surface area contributed by atoms with Gasteiger partial charge in [-0.3, -0.25) is 4.79 Å². The Morgan fingerprint density at radius 2 is 1.74 bits per heavy atom. The molecule has 7 heteroatoms. The van der Waals surface area contributed by atoms with Crippen LogP contribution in [-0.4, -0.2) is 11.0 Å². The van der Waals surface area contributed by atoms with Gasteiger partial charge in [0.15, 0.2) is 5.11 Å². The van der Waals surface area contributed by atoms with E-state index >= 15 is 0 Å².